The van der Waals surface area contributed by atoms with E-state index < -0.39 is 0 Å². The Morgan fingerprint density at radius 3 is 1.34 bits per heavy atom. The molecule has 0 saturated carbocycles. The van der Waals surface area contributed by atoms with Gasteiger partial charge in [-0.25, -0.2) is 0 Å². The largest absolute Gasteiger partial charge is 0.455 e. The van der Waals surface area contributed by atoms with Crippen molar-refractivity contribution in [3.8, 4) is 67.8 Å². The lowest BCUT2D eigenvalue weighted by Crippen LogP contribution is -2.61. The quantitative estimate of drug-likeness (QED) is 0.149. The second-order valence-electron chi connectivity index (χ2n) is 26.1. The third-order valence-corrected chi connectivity index (χ3v) is 21.3. The molecule has 6 nitrogen and oxygen atoms in total. The zero-order valence-electron chi connectivity index (χ0n) is 51.8. The normalized spacial score (nSPS) is 13.1. The standard InChI is InChI=1S/C88H52B2N4O2/c1-4-21-53(22-5-1)85-65-30-10-11-31-66(65)87(95-85)57-25-16-28-60(49-57)92-75-48-45-56(51-72(75)89-69-34-13-15-38-74(69)91(59-26-8-3-9-27-59)76-39-19-40-77(92)81(76)89)55-43-47-67-68(50-55)86(54-23-6-2-7-24-54)96-88(67)58-44-46-62-64-33-18-36-71-84(64)94(80(62)52-58)79-42-20-41-78-82(79)90(71)70-35-17-32-63-61-29-12-14-37-73(61)93(78)83(63)70/h1-52H. The number of para-hydroxylation sites is 5. The van der Waals surface area contributed by atoms with Gasteiger partial charge in [0.25, 0.3) is 13.4 Å². The summed E-state index contributed by atoms with van der Waals surface area (Å²) in [5.74, 6) is 3.42. The Kier molecular flexibility index (Phi) is 10.6. The van der Waals surface area contributed by atoms with Gasteiger partial charge in [0, 0.05) is 122 Å². The molecule has 0 aliphatic carbocycles. The van der Waals surface area contributed by atoms with Crippen molar-refractivity contribution in [2.75, 3.05) is 9.80 Å². The molecular weight excluding hydrogens is 1170 g/mol. The van der Waals surface area contributed by atoms with Gasteiger partial charge in [-0.2, -0.15) is 0 Å². The average molecular weight is 1220 g/mol. The third-order valence-electron chi connectivity index (χ3n) is 21.3. The number of rotatable bonds is 7. The minimum Gasteiger partial charge on any atom is -0.455 e. The van der Waals surface area contributed by atoms with Crippen LogP contribution in [0.3, 0.4) is 0 Å². The highest BCUT2D eigenvalue weighted by atomic mass is 16.3. The van der Waals surface area contributed by atoms with Crippen molar-refractivity contribution in [3.05, 3.63) is 315 Å². The van der Waals surface area contributed by atoms with Crippen LogP contribution < -0.4 is 42.6 Å². The van der Waals surface area contributed by atoms with Crippen LogP contribution in [0.25, 0.3) is 133 Å². The highest BCUT2D eigenvalue weighted by Crippen LogP contribution is 2.49. The maximum atomic E-state index is 7.39. The zero-order chi connectivity index (χ0) is 62.4. The summed E-state index contributed by atoms with van der Waals surface area (Å²) in [6.07, 6.45) is 0. The SMILES string of the molecule is c1ccc(-c2oc(-c3cccc(N4c5ccc(-c6ccc7c(-c8ccc9c%10cccc%11c%10n(c9c8)-c8cccc9c8B%11c8cccc%10c%11ccccc%11n-9c8%10)oc(-c8ccccc8)c7c6)cc5B5c6ccccc6N(c6ccccc6)c6cccc4c65)c3)c3ccccc23)cc1. The Hall–Kier alpha value is -12.5. The molecule has 0 bridgehead atoms. The molecule has 8 heterocycles. The second kappa shape index (κ2) is 19.5. The van der Waals surface area contributed by atoms with Crippen molar-refractivity contribution in [2.45, 2.75) is 0 Å². The van der Waals surface area contributed by atoms with E-state index in [0.717, 1.165) is 112 Å². The Labute approximate surface area is 553 Å². The van der Waals surface area contributed by atoms with Crippen molar-refractivity contribution in [1.29, 1.82) is 0 Å². The molecule has 14 aromatic carbocycles. The topological polar surface area (TPSA) is 42.6 Å². The summed E-state index contributed by atoms with van der Waals surface area (Å²) in [5, 5.41) is 9.37. The molecule has 18 aromatic rings. The summed E-state index contributed by atoms with van der Waals surface area (Å²) in [5.41, 5.74) is 28.4. The van der Waals surface area contributed by atoms with Gasteiger partial charge in [0.2, 0.25) is 0 Å². The Balaban J connectivity index is 0.720. The molecule has 0 saturated heterocycles. The van der Waals surface area contributed by atoms with Gasteiger partial charge in [-0.3, -0.25) is 0 Å². The number of nitrogens with zero attached hydrogens (tertiary/aromatic N) is 4. The van der Waals surface area contributed by atoms with Gasteiger partial charge < -0.3 is 27.8 Å². The number of furan rings is 2. The predicted octanol–water partition coefficient (Wildman–Crippen LogP) is 18.9. The van der Waals surface area contributed by atoms with E-state index in [4.69, 9.17) is 8.83 Å². The van der Waals surface area contributed by atoms with E-state index in [2.05, 4.69) is 334 Å². The highest BCUT2D eigenvalue weighted by molar-refractivity contribution is 7.01. The van der Waals surface area contributed by atoms with E-state index in [9.17, 15) is 0 Å². The minimum absolute atomic E-state index is 0.0804. The molecule has 442 valence electrons. The summed E-state index contributed by atoms with van der Waals surface area (Å²) < 4.78 is 19.5. The number of hydrogen-bond donors (Lipinski definition) is 0. The van der Waals surface area contributed by atoms with Gasteiger partial charge in [0.05, 0.1) is 11.0 Å². The molecule has 22 rings (SSSR count). The molecule has 4 aliphatic heterocycles. The van der Waals surface area contributed by atoms with E-state index in [0.29, 0.717) is 0 Å². The van der Waals surface area contributed by atoms with Crippen molar-refractivity contribution in [2.24, 2.45) is 0 Å². The van der Waals surface area contributed by atoms with Crippen LogP contribution in [0.4, 0.5) is 34.1 Å². The van der Waals surface area contributed by atoms with Crippen LogP contribution in [0, 0.1) is 0 Å². The van der Waals surface area contributed by atoms with Crippen LogP contribution in [0.2, 0.25) is 0 Å². The molecule has 0 spiro atoms. The van der Waals surface area contributed by atoms with Gasteiger partial charge in [0.15, 0.2) is 0 Å². The van der Waals surface area contributed by atoms with E-state index >= 15 is 0 Å². The Morgan fingerprint density at radius 2 is 0.635 bits per heavy atom. The Bertz CT molecular complexity index is 6380. The molecule has 4 aliphatic rings. The van der Waals surface area contributed by atoms with E-state index in [1.807, 2.05) is 0 Å². The fraction of sp³-hybridized carbons (Fsp3) is 0. The first-order valence-corrected chi connectivity index (χ1v) is 33.2. The summed E-state index contributed by atoms with van der Waals surface area (Å²) in [6, 6.07) is 116. The van der Waals surface area contributed by atoms with Crippen molar-refractivity contribution in [3.63, 3.8) is 0 Å². The molecule has 0 fully saturated rings. The molecular formula is C88H52B2N4O2. The lowest BCUT2D eigenvalue weighted by Gasteiger charge is -2.44. The van der Waals surface area contributed by atoms with Gasteiger partial charge in [-0.1, -0.05) is 231 Å². The predicted molar refractivity (Wildman–Crippen MR) is 401 cm³/mol. The van der Waals surface area contributed by atoms with Crippen LogP contribution in [0.15, 0.2) is 324 Å². The molecule has 0 unspecified atom stereocenters. The van der Waals surface area contributed by atoms with Crippen molar-refractivity contribution >= 4 is 145 Å². The summed E-state index contributed by atoms with van der Waals surface area (Å²) in [4.78, 5) is 4.94. The molecule has 0 N–H and O–H groups in total. The van der Waals surface area contributed by atoms with Crippen LogP contribution in [-0.2, 0) is 0 Å². The highest BCUT2D eigenvalue weighted by Gasteiger charge is 2.44. The van der Waals surface area contributed by atoms with Crippen molar-refractivity contribution < 1.29 is 8.83 Å². The monoisotopic (exact) mass is 1220 g/mol. The van der Waals surface area contributed by atoms with E-state index in [1.54, 1.807) is 0 Å². The number of hydrogen-bond acceptors (Lipinski definition) is 4. The Morgan fingerprint density at radius 1 is 0.219 bits per heavy atom. The first-order chi connectivity index (χ1) is 47.7. The fourth-order valence-electron chi connectivity index (χ4n) is 17.4. The lowest BCUT2D eigenvalue weighted by molar-refractivity contribution is 0.601. The minimum atomic E-state index is -0.0804. The van der Waals surface area contributed by atoms with E-state index in [1.165, 1.54) is 87.9 Å². The lowest BCUT2D eigenvalue weighted by atomic mass is 9.33. The summed E-state index contributed by atoms with van der Waals surface area (Å²) in [6.45, 7) is 0.00300. The summed E-state index contributed by atoms with van der Waals surface area (Å²) in [7, 11) is 0. The van der Waals surface area contributed by atoms with Crippen LogP contribution in [0.5, 0.6) is 0 Å². The smallest absolute Gasteiger partial charge is 0.252 e. The average Bonchev–Trinajstić information content (AvgIpc) is 1.06. The molecule has 0 atom stereocenters. The van der Waals surface area contributed by atoms with Gasteiger partial charge in [-0.05, 0) is 129 Å². The second-order valence-corrected chi connectivity index (χ2v) is 26.1. The number of aromatic nitrogens is 2. The third kappa shape index (κ3) is 7.06. The molecule has 0 amide bonds. The zero-order valence-corrected chi connectivity index (χ0v) is 51.8. The van der Waals surface area contributed by atoms with Gasteiger partial charge in [0.1, 0.15) is 23.0 Å². The molecule has 0 radical (unpaired) electrons. The first kappa shape index (κ1) is 52.0. The number of benzene rings is 14. The van der Waals surface area contributed by atoms with Gasteiger partial charge in [-0.15, -0.1) is 0 Å². The van der Waals surface area contributed by atoms with Crippen molar-refractivity contribution in [1.82, 2.24) is 9.13 Å². The van der Waals surface area contributed by atoms with Crippen LogP contribution >= 0.6 is 0 Å². The summed E-state index contributed by atoms with van der Waals surface area (Å²) >= 11 is 0. The molecule has 4 aromatic heterocycles. The fourth-order valence-corrected chi connectivity index (χ4v) is 17.4. The number of anilines is 6. The first-order valence-electron chi connectivity index (χ1n) is 33.2. The van der Waals surface area contributed by atoms with Crippen LogP contribution in [0.1, 0.15) is 0 Å². The van der Waals surface area contributed by atoms with Crippen LogP contribution in [-0.4, -0.2) is 22.6 Å². The van der Waals surface area contributed by atoms with Gasteiger partial charge >= 0.3 is 0 Å². The molecule has 8 heteroatoms. The van der Waals surface area contributed by atoms with E-state index in [-0.39, 0.29) is 13.4 Å². The number of fused-ring (bicyclic) bond motifs is 16. The maximum absolute atomic E-state index is 7.39. The maximum Gasteiger partial charge on any atom is 0.252 e. The molecule has 96 heavy (non-hydrogen) atoms.